The largest absolute Gasteiger partial charge is 0.325 e. The van der Waals surface area contributed by atoms with Crippen LogP contribution >= 0.6 is 0 Å². The summed E-state index contributed by atoms with van der Waals surface area (Å²) < 4.78 is 13.6. The first kappa shape index (κ1) is 15.4. The Morgan fingerprint density at radius 2 is 2.09 bits per heavy atom. The molecule has 0 saturated carbocycles. The van der Waals surface area contributed by atoms with E-state index in [1.807, 2.05) is 24.3 Å². The number of aromatic nitrogens is 1. The van der Waals surface area contributed by atoms with E-state index in [9.17, 15) is 9.18 Å². The molecule has 1 aliphatic rings. The summed E-state index contributed by atoms with van der Waals surface area (Å²) in [7, 11) is 0. The van der Waals surface area contributed by atoms with Gasteiger partial charge < -0.3 is 11.1 Å². The maximum atomic E-state index is 13.6. The molecular formula is C18H18FN3O. The second kappa shape index (κ2) is 6.71. The number of nitrogens with one attached hydrogen (secondary N) is 1. The van der Waals surface area contributed by atoms with Gasteiger partial charge in [0.15, 0.2) is 0 Å². The molecule has 0 spiro atoms. The first-order valence-corrected chi connectivity index (χ1v) is 7.60. The normalized spacial score (nSPS) is 19.6. The van der Waals surface area contributed by atoms with Gasteiger partial charge in [0.05, 0.1) is 17.4 Å². The SMILES string of the molecule is N[C@H]1C/C=C/CCC(=O)Nc2cc(F)ccc2-c2ccnc1c2. The van der Waals surface area contributed by atoms with Crippen LogP contribution in [0.5, 0.6) is 0 Å². The van der Waals surface area contributed by atoms with Crippen molar-refractivity contribution in [2.75, 3.05) is 5.32 Å². The zero-order valence-electron chi connectivity index (χ0n) is 12.6. The van der Waals surface area contributed by atoms with Gasteiger partial charge in [-0.05, 0) is 48.7 Å². The molecule has 2 bridgehead atoms. The van der Waals surface area contributed by atoms with E-state index in [-0.39, 0.29) is 17.8 Å². The van der Waals surface area contributed by atoms with Crippen LogP contribution in [0.2, 0.25) is 0 Å². The summed E-state index contributed by atoms with van der Waals surface area (Å²) in [5, 5.41) is 2.80. The average Bonchev–Trinajstić information content (AvgIpc) is 2.54. The van der Waals surface area contributed by atoms with Crippen molar-refractivity contribution >= 4 is 11.6 Å². The highest BCUT2D eigenvalue weighted by Gasteiger charge is 2.13. The van der Waals surface area contributed by atoms with Crippen LogP contribution in [0.4, 0.5) is 10.1 Å². The molecular weight excluding hydrogens is 293 g/mol. The molecule has 5 heteroatoms. The van der Waals surface area contributed by atoms with Crippen LogP contribution in [0.25, 0.3) is 11.1 Å². The Morgan fingerprint density at radius 1 is 1.22 bits per heavy atom. The van der Waals surface area contributed by atoms with Crippen molar-refractivity contribution < 1.29 is 9.18 Å². The fourth-order valence-electron chi connectivity index (χ4n) is 2.60. The summed E-state index contributed by atoms with van der Waals surface area (Å²) in [6.07, 6.45) is 7.22. The lowest BCUT2D eigenvalue weighted by molar-refractivity contribution is -0.116. The van der Waals surface area contributed by atoms with E-state index in [0.29, 0.717) is 24.9 Å². The number of fused-ring (bicyclic) bond motifs is 4. The van der Waals surface area contributed by atoms with E-state index in [1.54, 1.807) is 12.3 Å². The molecule has 2 heterocycles. The maximum absolute atomic E-state index is 13.6. The molecule has 0 aliphatic carbocycles. The van der Waals surface area contributed by atoms with Gasteiger partial charge in [-0.2, -0.15) is 0 Å². The predicted molar refractivity (Wildman–Crippen MR) is 88.2 cm³/mol. The summed E-state index contributed by atoms with van der Waals surface area (Å²) >= 11 is 0. The minimum atomic E-state index is -0.390. The van der Waals surface area contributed by atoms with Gasteiger partial charge in [-0.3, -0.25) is 9.78 Å². The smallest absolute Gasteiger partial charge is 0.224 e. The fourth-order valence-corrected chi connectivity index (χ4v) is 2.60. The molecule has 1 atom stereocenters. The Bertz CT molecular complexity index is 758. The van der Waals surface area contributed by atoms with Gasteiger partial charge in [0.2, 0.25) is 5.91 Å². The van der Waals surface area contributed by atoms with Crippen molar-refractivity contribution in [2.24, 2.45) is 5.73 Å². The molecule has 0 fully saturated rings. The van der Waals surface area contributed by atoms with Gasteiger partial charge in [0.25, 0.3) is 0 Å². The van der Waals surface area contributed by atoms with Crippen LogP contribution in [0, 0.1) is 5.82 Å². The Hall–Kier alpha value is -2.53. The molecule has 1 aliphatic heterocycles. The number of halogens is 1. The third-order valence-corrected chi connectivity index (χ3v) is 3.82. The lowest BCUT2D eigenvalue weighted by Gasteiger charge is -2.13. The highest BCUT2D eigenvalue weighted by atomic mass is 19.1. The standard InChI is InChI=1S/C18H18FN3O/c19-13-6-7-14-12-8-9-21-17(10-12)15(20)4-2-1-3-5-18(23)22-16(14)11-13/h1-2,6-11,15H,3-5,20H2,(H,22,23)/b2-1+/t15-/m0/s1. The molecule has 1 aromatic carbocycles. The minimum absolute atomic E-state index is 0.140. The number of nitrogens with two attached hydrogens (primary N) is 1. The lowest BCUT2D eigenvalue weighted by atomic mass is 10.0. The zero-order valence-corrected chi connectivity index (χ0v) is 12.6. The predicted octanol–water partition coefficient (Wildman–Crippen LogP) is 3.57. The number of amides is 1. The van der Waals surface area contributed by atoms with Crippen LogP contribution in [-0.4, -0.2) is 10.9 Å². The molecule has 23 heavy (non-hydrogen) atoms. The number of benzene rings is 1. The Balaban J connectivity index is 2.10. The lowest BCUT2D eigenvalue weighted by Crippen LogP contribution is -2.12. The van der Waals surface area contributed by atoms with E-state index in [4.69, 9.17) is 5.73 Å². The number of pyridine rings is 1. The molecule has 118 valence electrons. The van der Waals surface area contributed by atoms with Crippen molar-refractivity contribution in [3.8, 4) is 11.1 Å². The second-order valence-electron chi connectivity index (χ2n) is 5.56. The first-order chi connectivity index (χ1) is 11.1. The molecule has 0 radical (unpaired) electrons. The number of hydrogen-bond donors (Lipinski definition) is 2. The molecule has 2 aromatic rings. The molecule has 0 saturated heterocycles. The highest BCUT2D eigenvalue weighted by Crippen LogP contribution is 2.30. The van der Waals surface area contributed by atoms with Crippen molar-refractivity contribution in [3.63, 3.8) is 0 Å². The van der Waals surface area contributed by atoms with E-state index >= 15 is 0 Å². The van der Waals surface area contributed by atoms with Crippen molar-refractivity contribution in [1.82, 2.24) is 4.98 Å². The number of anilines is 1. The van der Waals surface area contributed by atoms with Crippen LogP contribution < -0.4 is 11.1 Å². The molecule has 1 amide bonds. The molecule has 1 aromatic heterocycles. The topological polar surface area (TPSA) is 68.0 Å². The van der Waals surface area contributed by atoms with Gasteiger partial charge in [0, 0.05) is 18.2 Å². The fraction of sp³-hybridized carbons (Fsp3) is 0.222. The quantitative estimate of drug-likeness (QED) is 0.731. The Kier molecular flexibility index (Phi) is 4.48. The average molecular weight is 311 g/mol. The molecule has 0 unspecified atom stereocenters. The van der Waals surface area contributed by atoms with Crippen LogP contribution in [-0.2, 0) is 4.79 Å². The Morgan fingerprint density at radius 3 is 2.96 bits per heavy atom. The summed E-state index contributed by atoms with van der Waals surface area (Å²) in [6.45, 7) is 0. The van der Waals surface area contributed by atoms with Gasteiger partial charge in [-0.1, -0.05) is 12.2 Å². The maximum Gasteiger partial charge on any atom is 0.224 e. The number of rotatable bonds is 0. The summed E-state index contributed by atoms with van der Waals surface area (Å²) in [6, 6.07) is 7.88. The van der Waals surface area contributed by atoms with E-state index in [2.05, 4.69) is 10.3 Å². The third kappa shape index (κ3) is 3.63. The van der Waals surface area contributed by atoms with Gasteiger partial charge in [-0.25, -0.2) is 4.39 Å². The van der Waals surface area contributed by atoms with Gasteiger partial charge in [0.1, 0.15) is 5.82 Å². The number of hydrogen-bond acceptors (Lipinski definition) is 3. The number of nitrogens with zero attached hydrogens (tertiary/aromatic N) is 1. The van der Waals surface area contributed by atoms with E-state index < -0.39 is 0 Å². The van der Waals surface area contributed by atoms with Gasteiger partial charge >= 0.3 is 0 Å². The molecule has 4 nitrogen and oxygen atoms in total. The highest BCUT2D eigenvalue weighted by molar-refractivity contribution is 5.95. The number of allylic oxidation sites excluding steroid dienone is 1. The first-order valence-electron chi connectivity index (χ1n) is 7.60. The number of carbonyl (C=O) groups excluding carboxylic acids is 1. The second-order valence-corrected chi connectivity index (χ2v) is 5.56. The zero-order chi connectivity index (χ0) is 16.2. The third-order valence-electron chi connectivity index (χ3n) is 3.82. The van der Waals surface area contributed by atoms with Crippen LogP contribution in [0.1, 0.15) is 31.0 Å². The summed E-state index contributed by atoms with van der Waals surface area (Å²) in [5.41, 5.74) is 9.01. The monoisotopic (exact) mass is 311 g/mol. The van der Waals surface area contributed by atoms with Crippen molar-refractivity contribution in [2.45, 2.75) is 25.3 Å². The summed E-state index contributed by atoms with van der Waals surface area (Å²) in [5.74, 6) is -0.529. The molecule has 3 N–H and O–H groups in total. The van der Waals surface area contributed by atoms with Crippen molar-refractivity contribution in [3.05, 3.63) is 60.2 Å². The number of carbonyl (C=O) groups is 1. The summed E-state index contributed by atoms with van der Waals surface area (Å²) in [4.78, 5) is 16.4. The van der Waals surface area contributed by atoms with E-state index in [0.717, 1.165) is 16.8 Å². The van der Waals surface area contributed by atoms with E-state index in [1.165, 1.54) is 12.1 Å². The van der Waals surface area contributed by atoms with Gasteiger partial charge in [-0.15, -0.1) is 0 Å². The van der Waals surface area contributed by atoms with Crippen molar-refractivity contribution in [1.29, 1.82) is 0 Å². The minimum Gasteiger partial charge on any atom is -0.325 e. The molecule has 3 rings (SSSR count). The van der Waals surface area contributed by atoms with Crippen LogP contribution in [0.3, 0.4) is 0 Å². The Labute approximate surface area is 134 Å². The van der Waals surface area contributed by atoms with Crippen LogP contribution in [0.15, 0.2) is 48.7 Å².